The molecule has 10 heteroatoms. The summed E-state index contributed by atoms with van der Waals surface area (Å²) in [5, 5.41) is 16.0. The van der Waals surface area contributed by atoms with Crippen LogP contribution in [-0.2, 0) is 9.59 Å². The molecule has 0 unspecified atom stereocenters. The van der Waals surface area contributed by atoms with Gasteiger partial charge in [0.05, 0.1) is 24.1 Å². The molecule has 0 spiro atoms. The van der Waals surface area contributed by atoms with E-state index in [1.807, 2.05) is 18.2 Å². The number of benzene rings is 1. The van der Waals surface area contributed by atoms with E-state index in [2.05, 4.69) is 20.6 Å². The summed E-state index contributed by atoms with van der Waals surface area (Å²) in [6.07, 6.45) is 1.54. The summed E-state index contributed by atoms with van der Waals surface area (Å²) in [6.45, 7) is 0. The smallest absolute Gasteiger partial charge is 0.284 e. The van der Waals surface area contributed by atoms with Gasteiger partial charge in [-0.05, 0) is 24.3 Å². The predicted molar refractivity (Wildman–Crippen MR) is 96.8 cm³/mol. The van der Waals surface area contributed by atoms with Gasteiger partial charge in [-0.15, -0.1) is 10.2 Å². The number of rotatable bonds is 5. The topological polar surface area (TPSA) is 114 Å². The highest BCUT2D eigenvalue weighted by atomic mass is 32.2. The number of thioether (sulfide) groups is 1. The first-order valence-corrected chi connectivity index (χ1v) is 8.93. The Bertz CT molecular complexity index is 984. The molecule has 2 amide bonds. The SMILES string of the molecule is O=C(CSc1nnc(-c2ccco2)o1)NC1=NN(c2ccccc2)C(=O)C1. The molecule has 2 aromatic heterocycles. The fourth-order valence-corrected chi connectivity index (χ4v) is 2.93. The molecule has 1 aliphatic rings. The molecule has 9 nitrogen and oxygen atoms in total. The molecule has 1 aromatic carbocycles. The average Bonchev–Trinajstić information content (AvgIpc) is 3.41. The van der Waals surface area contributed by atoms with Gasteiger partial charge in [0, 0.05) is 0 Å². The van der Waals surface area contributed by atoms with Crippen LogP contribution in [0, 0.1) is 0 Å². The number of hydrazone groups is 1. The second kappa shape index (κ2) is 7.46. The molecule has 1 aliphatic heterocycles. The maximum atomic E-state index is 12.1. The van der Waals surface area contributed by atoms with Crippen molar-refractivity contribution in [3.8, 4) is 11.7 Å². The molecule has 136 valence electrons. The number of amidine groups is 1. The third-order valence-corrected chi connectivity index (χ3v) is 4.34. The first-order valence-electron chi connectivity index (χ1n) is 7.94. The van der Waals surface area contributed by atoms with Crippen LogP contribution in [0.25, 0.3) is 11.7 Å². The van der Waals surface area contributed by atoms with Crippen molar-refractivity contribution in [2.45, 2.75) is 11.6 Å². The predicted octanol–water partition coefficient (Wildman–Crippen LogP) is 2.29. The maximum absolute atomic E-state index is 12.1. The van der Waals surface area contributed by atoms with E-state index in [0.717, 1.165) is 11.8 Å². The van der Waals surface area contributed by atoms with Gasteiger partial charge in [0.25, 0.3) is 17.0 Å². The third-order valence-electron chi connectivity index (χ3n) is 3.53. The monoisotopic (exact) mass is 383 g/mol. The van der Waals surface area contributed by atoms with Crippen LogP contribution in [0.2, 0.25) is 0 Å². The van der Waals surface area contributed by atoms with Gasteiger partial charge in [0.2, 0.25) is 5.91 Å². The summed E-state index contributed by atoms with van der Waals surface area (Å²) in [5.74, 6) is 0.517. The number of carbonyl (C=O) groups is 2. The van der Waals surface area contributed by atoms with Crippen molar-refractivity contribution in [1.82, 2.24) is 15.5 Å². The molecule has 0 saturated carbocycles. The summed E-state index contributed by atoms with van der Waals surface area (Å²) in [4.78, 5) is 24.2. The lowest BCUT2D eigenvalue weighted by Gasteiger charge is -2.10. The standard InChI is InChI=1S/C17H13N5O4S/c23-14(10-27-17-20-19-16(26-17)12-7-4-8-25-12)18-13-9-15(24)22(21-13)11-5-2-1-3-6-11/h1-8H,9-10H2,(H,18,21,23). The minimum Gasteiger partial charge on any atom is -0.459 e. The van der Waals surface area contributed by atoms with Crippen molar-refractivity contribution >= 4 is 35.1 Å². The second-order valence-electron chi connectivity index (χ2n) is 5.45. The van der Waals surface area contributed by atoms with Crippen LogP contribution in [0.5, 0.6) is 0 Å². The van der Waals surface area contributed by atoms with E-state index >= 15 is 0 Å². The second-order valence-corrected chi connectivity index (χ2v) is 6.38. The summed E-state index contributed by atoms with van der Waals surface area (Å²) in [7, 11) is 0. The zero-order chi connectivity index (χ0) is 18.6. The highest BCUT2D eigenvalue weighted by Gasteiger charge is 2.26. The van der Waals surface area contributed by atoms with Crippen LogP contribution in [0.1, 0.15) is 6.42 Å². The van der Waals surface area contributed by atoms with Gasteiger partial charge in [-0.3, -0.25) is 9.59 Å². The number of hydrogen-bond donors (Lipinski definition) is 1. The number of anilines is 1. The van der Waals surface area contributed by atoms with Gasteiger partial charge in [0.15, 0.2) is 5.76 Å². The van der Waals surface area contributed by atoms with Gasteiger partial charge in [-0.25, -0.2) is 0 Å². The van der Waals surface area contributed by atoms with Gasteiger partial charge in [-0.2, -0.15) is 10.1 Å². The Hall–Kier alpha value is -3.40. The average molecular weight is 383 g/mol. The normalized spacial score (nSPS) is 13.7. The Kier molecular flexibility index (Phi) is 4.71. The van der Waals surface area contributed by atoms with Crippen LogP contribution in [0.4, 0.5) is 5.69 Å². The Morgan fingerprint density at radius 2 is 2.04 bits per heavy atom. The van der Waals surface area contributed by atoms with Crippen molar-refractivity contribution in [2.75, 3.05) is 10.8 Å². The molecule has 27 heavy (non-hydrogen) atoms. The highest BCUT2D eigenvalue weighted by Crippen LogP contribution is 2.23. The number of para-hydroxylation sites is 1. The Balaban J connectivity index is 1.33. The quantitative estimate of drug-likeness (QED) is 0.672. The largest absolute Gasteiger partial charge is 0.459 e. The van der Waals surface area contributed by atoms with E-state index in [1.165, 1.54) is 11.3 Å². The zero-order valence-corrected chi connectivity index (χ0v) is 14.7. The van der Waals surface area contributed by atoms with Crippen molar-refractivity contribution in [1.29, 1.82) is 0 Å². The van der Waals surface area contributed by atoms with E-state index in [4.69, 9.17) is 8.83 Å². The van der Waals surface area contributed by atoms with Crippen LogP contribution in [0.3, 0.4) is 0 Å². The minimum atomic E-state index is -0.320. The van der Waals surface area contributed by atoms with Crippen molar-refractivity contribution in [2.24, 2.45) is 5.10 Å². The Labute approximate surface area is 157 Å². The maximum Gasteiger partial charge on any atom is 0.284 e. The summed E-state index contributed by atoms with van der Waals surface area (Å²) >= 11 is 1.08. The minimum absolute atomic E-state index is 0.0362. The van der Waals surface area contributed by atoms with Crippen molar-refractivity contribution < 1.29 is 18.4 Å². The van der Waals surface area contributed by atoms with E-state index in [0.29, 0.717) is 17.3 Å². The molecular formula is C17H13N5O4S. The molecule has 0 fully saturated rings. The summed E-state index contributed by atoms with van der Waals surface area (Å²) < 4.78 is 10.6. The van der Waals surface area contributed by atoms with E-state index in [-0.39, 0.29) is 35.1 Å². The van der Waals surface area contributed by atoms with E-state index < -0.39 is 0 Å². The van der Waals surface area contributed by atoms with Gasteiger partial charge in [-0.1, -0.05) is 30.0 Å². The molecule has 4 rings (SSSR count). The van der Waals surface area contributed by atoms with Gasteiger partial charge >= 0.3 is 0 Å². The lowest BCUT2D eigenvalue weighted by Crippen LogP contribution is -2.31. The van der Waals surface area contributed by atoms with Crippen LogP contribution in [0.15, 0.2) is 67.9 Å². The molecule has 0 radical (unpaired) electrons. The Morgan fingerprint density at radius 1 is 1.19 bits per heavy atom. The fraction of sp³-hybridized carbons (Fsp3) is 0.118. The molecule has 1 N–H and O–H groups in total. The number of carbonyl (C=O) groups excluding carboxylic acids is 2. The van der Waals surface area contributed by atoms with E-state index in [1.54, 1.807) is 24.3 Å². The van der Waals surface area contributed by atoms with Crippen molar-refractivity contribution in [3.63, 3.8) is 0 Å². The third kappa shape index (κ3) is 3.90. The first kappa shape index (κ1) is 17.0. The van der Waals surface area contributed by atoms with Crippen LogP contribution in [-0.4, -0.2) is 33.6 Å². The summed E-state index contributed by atoms with van der Waals surface area (Å²) in [6, 6.07) is 12.4. The van der Waals surface area contributed by atoms with Crippen molar-refractivity contribution in [3.05, 3.63) is 48.7 Å². The lowest BCUT2D eigenvalue weighted by molar-refractivity contribution is -0.117. The lowest BCUT2D eigenvalue weighted by atomic mass is 10.3. The molecule has 0 bridgehead atoms. The molecular weight excluding hydrogens is 370 g/mol. The summed E-state index contributed by atoms with van der Waals surface area (Å²) in [5.41, 5.74) is 0.650. The van der Waals surface area contributed by atoms with Gasteiger partial charge in [0.1, 0.15) is 5.84 Å². The number of aromatic nitrogens is 2. The molecule has 3 aromatic rings. The molecule has 3 heterocycles. The molecule has 0 saturated heterocycles. The number of furan rings is 1. The number of amides is 2. The van der Waals surface area contributed by atoms with Crippen LogP contribution >= 0.6 is 11.8 Å². The fourth-order valence-electron chi connectivity index (χ4n) is 2.36. The van der Waals surface area contributed by atoms with Gasteiger partial charge < -0.3 is 14.2 Å². The number of hydrogen-bond acceptors (Lipinski definition) is 8. The molecule has 0 aliphatic carbocycles. The zero-order valence-electron chi connectivity index (χ0n) is 13.9. The Morgan fingerprint density at radius 3 is 2.81 bits per heavy atom. The van der Waals surface area contributed by atoms with E-state index in [9.17, 15) is 9.59 Å². The van der Waals surface area contributed by atoms with Crippen LogP contribution < -0.4 is 10.3 Å². The highest BCUT2D eigenvalue weighted by molar-refractivity contribution is 7.99. The number of nitrogens with zero attached hydrogens (tertiary/aromatic N) is 4. The molecule has 0 atom stereocenters. The first-order chi connectivity index (χ1) is 13.2. The number of nitrogens with one attached hydrogen (secondary N) is 1.